The lowest BCUT2D eigenvalue weighted by Gasteiger charge is -2.41. The lowest BCUT2D eigenvalue weighted by Crippen LogP contribution is -2.51. The van der Waals surface area contributed by atoms with E-state index >= 15 is 0 Å². The third kappa shape index (κ3) is 7.15. The minimum Gasteiger partial charge on any atom is -0.465 e. The Kier molecular flexibility index (Phi) is 9.79. The summed E-state index contributed by atoms with van der Waals surface area (Å²) in [5.74, 6) is 0.354. The van der Waals surface area contributed by atoms with E-state index in [9.17, 15) is 9.59 Å². The highest BCUT2D eigenvalue weighted by molar-refractivity contribution is 5.94. The SMILES string of the molecule is CCCCOC(=O)C1CCC(N(Cc2ccccc2)C(=O)N2CCC(c3ccc(C(=N)N)cc3)CC2)CC1. The predicted molar refractivity (Wildman–Crippen MR) is 150 cm³/mol. The molecule has 0 atom stereocenters. The van der Waals surface area contributed by atoms with Gasteiger partial charge < -0.3 is 20.3 Å². The van der Waals surface area contributed by atoms with Crippen LogP contribution in [-0.4, -0.2) is 53.4 Å². The van der Waals surface area contributed by atoms with Crippen molar-refractivity contribution in [2.24, 2.45) is 11.7 Å². The van der Waals surface area contributed by atoms with E-state index in [0.29, 0.717) is 19.1 Å². The summed E-state index contributed by atoms with van der Waals surface area (Å²) in [5, 5.41) is 7.60. The Morgan fingerprint density at radius 1 is 0.974 bits per heavy atom. The van der Waals surface area contributed by atoms with Crippen LogP contribution in [0.15, 0.2) is 54.6 Å². The molecule has 204 valence electrons. The zero-order valence-corrected chi connectivity index (χ0v) is 22.6. The summed E-state index contributed by atoms with van der Waals surface area (Å²) in [6.45, 7) is 4.63. The Bertz CT molecular complexity index is 1060. The molecule has 2 aromatic carbocycles. The van der Waals surface area contributed by atoms with Crippen LogP contribution in [0.5, 0.6) is 0 Å². The second-order valence-corrected chi connectivity index (χ2v) is 10.7. The summed E-state index contributed by atoms with van der Waals surface area (Å²) >= 11 is 0. The minimum atomic E-state index is -0.0729. The number of ether oxygens (including phenoxy) is 1. The van der Waals surface area contributed by atoms with E-state index in [1.54, 1.807) is 0 Å². The zero-order valence-electron chi connectivity index (χ0n) is 22.6. The Hall–Kier alpha value is -3.35. The number of esters is 1. The van der Waals surface area contributed by atoms with E-state index in [-0.39, 0.29) is 29.8 Å². The number of likely N-dealkylation sites (tertiary alicyclic amines) is 1. The quantitative estimate of drug-likeness (QED) is 0.193. The number of nitrogens with zero attached hydrogens (tertiary/aromatic N) is 2. The van der Waals surface area contributed by atoms with Gasteiger partial charge in [0, 0.05) is 31.2 Å². The van der Waals surface area contributed by atoms with Gasteiger partial charge >= 0.3 is 12.0 Å². The van der Waals surface area contributed by atoms with Gasteiger partial charge in [0.05, 0.1) is 12.5 Å². The number of amidine groups is 1. The van der Waals surface area contributed by atoms with Gasteiger partial charge in [-0.3, -0.25) is 10.2 Å². The number of benzene rings is 2. The number of unbranched alkanes of at least 4 members (excludes halogenated alkanes) is 1. The molecule has 0 radical (unpaired) electrons. The first-order valence-electron chi connectivity index (χ1n) is 14.2. The summed E-state index contributed by atoms with van der Waals surface area (Å²) in [6.07, 6.45) is 6.94. The standard InChI is InChI=1S/C31H42N4O3/c1-2-3-21-38-30(36)27-13-15-28(16-14-27)35(22-23-7-5-4-6-8-23)31(37)34-19-17-25(18-20-34)24-9-11-26(12-10-24)29(32)33/h4-12,25,27-28H,2-3,13-22H2,1H3,(H3,32,33). The highest BCUT2D eigenvalue weighted by Crippen LogP contribution is 2.32. The molecule has 0 spiro atoms. The van der Waals surface area contributed by atoms with Gasteiger partial charge in [0.15, 0.2) is 0 Å². The van der Waals surface area contributed by atoms with Gasteiger partial charge in [-0.05, 0) is 62.0 Å². The molecule has 2 fully saturated rings. The number of carbonyl (C=O) groups excluding carboxylic acids is 2. The third-order valence-electron chi connectivity index (χ3n) is 8.11. The molecular weight excluding hydrogens is 476 g/mol. The number of piperidine rings is 1. The van der Waals surface area contributed by atoms with E-state index in [2.05, 4.69) is 36.1 Å². The van der Waals surface area contributed by atoms with Crippen molar-refractivity contribution in [2.45, 2.75) is 76.8 Å². The van der Waals surface area contributed by atoms with Crippen molar-refractivity contribution >= 4 is 17.8 Å². The largest absolute Gasteiger partial charge is 0.465 e. The molecule has 0 unspecified atom stereocenters. The van der Waals surface area contributed by atoms with Crippen molar-refractivity contribution in [2.75, 3.05) is 19.7 Å². The number of nitrogens with one attached hydrogen (secondary N) is 1. The Labute approximate surface area is 226 Å². The summed E-state index contributed by atoms with van der Waals surface area (Å²) in [4.78, 5) is 30.4. The molecule has 7 heteroatoms. The van der Waals surface area contributed by atoms with E-state index in [4.69, 9.17) is 15.9 Å². The molecule has 2 amide bonds. The fraction of sp³-hybridized carbons (Fsp3) is 0.516. The Morgan fingerprint density at radius 3 is 2.24 bits per heavy atom. The first-order chi connectivity index (χ1) is 18.5. The minimum absolute atomic E-state index is 0.0538. The molecule has 38 heavy (non-hydrogen) atoms. The van der Waals surface area contributed by atoms with Crippen molar-refractivity contribution in [1.29, 1.82) is 5.41 Å². The number of hydrogen-bond acceptors (Lipinski definition) is 4. The van der Waals surface area contributed by atoms with Gasteiger partial charge in [-0.25, -0.2) is 4.79 Å². The summed E-state index contributed by atoms with van der Waals surface area (Å²) in [5.41, 5.74) is 8.71. The molecule has 7 nitrogen and oxygen atoms in total. The molecule has 0 bridgehead atoms. The average Bonchev–Trinajstić information content (AvgIpc) is 2.96. The third-order valence-corrected chi connectivity index (χ3v) is 8.11. The van der Waals surface area contributed by atoms with Gasteiger partial charge in [-0.1, -0.05) is 67.9 Å². The monoisotopic (exact) mass is 518 g/mol. The van der Waals surface area contributed by atoms with Crippen molar-refractivity contribution in [3.8, 4) is 0 Å². The molecule has 1 saturated carbocycles. The number of nitrogens with two attached hydrogens (primary N) is 1. The first-order valence-corrected chi connectivity index (χ1v) is 14.2. The van der Waals surface area contributed by atoms with E-state index in [1.807, 2.05) is 35.2 Å². The summed E-state index contributed by atoms with van der Waals surface area (Å²) < 4.78 is 5.48. The van der Waals surface area contributed by atoms with Gasteiger partial charge in [0.2, 0.25) is 0 Å². The van der Waals surface area contributed by atoms with Crippen molar-refractivity contribution < 1.29 is 14.3 Å². The normalized spacial score (nSPS) is 20.1. The van der Waals surface area contributed by atoms with Gasteiger partial charge in [0.1, 0.15) is 5.84 Å². The molecule has 3 N–H and O–H groups in total. The zero-order chi connectivity index (χ0) is 26.9. The van der Waals surface area contributed by atoms with Gasteiger partial charge in [-0.15, -0.1) is 0 Å². The van der Waals surface area contributed by atoms with Crippen molar-refractivity contribution in [1.82, 2.24) is 9.80 Å². The van der Waals surface area contributed by atoms with Gasteiger partial charge in [-0.2, -0.15) is 0 Å². The number of rotatable bonds is 9. The summed E-state index contributed by atoms with van der Waals surface area (Å²) in [6, 6.07) is 18.4. The second kappa shape index (κ2) is 13.4. The number of urea groups is 1. The maximum Gasteiger partial charge on any atom is 0.320 e. The molecule has 1 saturated heterocycles. The predicted octanol–water partition coefficient (Wildman–Crippen LogP) is 5.67. The van der Waals surface area contributed by atoms with Crippen molar-refractivity contribution in [3.05, 3.63) is 71.3 Å². The van der Waals surface area contributed by atoms with E-state index < -0.39 is 0 Å². The summed E-state index contributed by atoms with van der Waals surface area (Å²) in [7, 11) is 0. The Morgan fingerprint density at radius 2 is 1.63 bits per heavy atom. The molecule has 2 aromatic rings. The number of carbonyl (C=O) groups is 2. The van der Waals surface area contributed by atoms with Crippen LogP contribution in [0.25, 0.3) is 0 Å². The molecule has 1 aliphatic heterocycles. The van der Waals surface area contributed by atoms with Crippen LogP contribution >= 0.6 is 0 Å². The fourth-order valence-electron chi connectivity index (χ4n) is 5.71. The van der Waals surface area contributed by atoms with Crippen LogP contribution in [-0.2, 0) is 16.1 Å². The molecule has 0 aromatic heterocycles. The molecule has 1 aliphatic carbocycles. The maximum atomic E-state index is 13.9. The molecule has 4 rings (SSSR count). The molecule has 2 aliphatic rings. The number of nitrogen functional groups attached to an aromatic ring is 1. The lowest BCUT2D eigenvalue weighted by molar-refractivity contribution is -0.150. The van der Waals surface area contributed by atoms with Crippen molar-refractivity contribution in [3.63, 3.8) is 0 Å². The van der Waals surface area contributed by atoms with E-state index in [0.717, 1.165) is 75.6 Å². The fourth-order valence-corrected chi connectivity index (χ4v) is 5.71. The highest BCUT2D eigenvalue weighted by atomic mass is 16.5. The average molecular weight is 519 g/mol. The van der Waals surface area contributed by atoms with Gasteiger partial charge in [0.25, 0.3) is 0 Å². The van der Waals surface area contributed by atoms with Crippen LogP contribution in [0.4, 0.5) is 4.79 Å². The van der Waals surface area contributed by atoms with Crippen LogP contribution < -0.4 is 5.73 Å². The van der Waals surface area contributed by atoms with Crippen LogP contribution in [0.3, 0.4) is 0 Å². The molecular formula is C31H42N4O3. The maximum absolute atomic E-state index is 13.9. The highest BCUT2D eigenvalue weighted by Gasteiger charge is 2.35. The smallest absolute Gasteiger partial charge is 0.320 e. The van der Waals surface area contributed by atoms with E-state index in [1.165, 1.54) is 5.56 Å². The molecule has 1 heterocycles. The number of amides is 2. The topological polar surface area (TPSA) is 99.7 Å². The van der Waals surface area contributed by atoms with Crippen LogP contribution in [0.2, 0.25) is 0 Å². The first kappa shape index (κ1) is 27.7. The second-order valence-electron chi connectivity index (χ2n) is 10.7. The Balaban J connectivity index is 1.38. The lowest BCUT2D eigenvalue weighted by atomic mass is 9.85. The van der Waals surface area contributed by atoms with Crippen LogP contribution in [0, 0.1) is 11.3 Å². The number of hydrogen-bond donors (Lipinski definition) is 2. The van der Waals surface area contributed by atoms with Crippen LogP contribution in [0.1, 0.15) is 80.9 Å².